The smallest absolute Gasteiger partial charge is 0.269 e. The molecule has 0 unspecified atom stereocenters. The number of fused-ring (bicyclic) bond motifs is 4. The molecule has 0 aliphatic carbocycles. The molecular weight excluding hydrogens is 913 g/mol. The van der Waals surface area contributed by atoms with Crippen molar-refractivity contribution in [2.75, 3.05) is 0 Å². The van der Waals surface area contributed by atoms with Crippen molar-refractivity contribution >= 4 is 32.8 Å². The van der Waals surface area contributed by atoms with Crippen molar-refractivity contribution in [3.63, 3.8) is 0 Å². The maximum atomic E-state index is 7.38. The van der Waals surface area contributed by atoms with Crippen molar-refractivity contribution in [3.8, 4) is 84.3 Å². The molecule has 5 nitrogen and oxygen atoms in total. The minimum Gasteiger partial charge on any atom is -0.457 e. The molecule has 0 N–H and O–H groups in total. The molecule has 13 rings (SSSR count). The molecule has 0 amide bonds. The molecule has 0 saturated carbocycles. The summed E-state index contributed by atoms with van der Waals surface area (Å²) < 4.78 is 14.1. The molecule has 0 bridgehead atoms. The summed E-state index contributed by atoms with van der Waals surface area (Å²) in [6.45, 7) is 6.74. The lowest BCUT2D eigenvalue weighted by atomic mass is 9.88. The molecule has 0 saturated heterocycles. The molecule has 3 aromatic heterocycles. The van der Waals surface area contributed by atoms with E-state index in [1.54, 1.807) is 0 Å². The van der Waals surface area contributed by atoms with Crippen LogP contribution in [-0.4, -0.2) is 14.1 Å². The minimum absolute atomic E-state index is 0.0691. The van der Waals surface area contributed by atoms with E-state index in [0.29, 0.717) is 5.75 Å². The highest BCUT2D eigenvalue weighted by Crippen LogP contribution is 2.44. The van der Waals surface area contributed by atoms with E-state index in [0.717, 1.165) is 111 Å². The van der Waals surface area contributed by atoms with Gasteiger partial charge in [0.15, 0.2) is 0 Å². The quantitative estimate of drug-likeness (QED) is 0.101. The van der Waals surface area contributed by atoms with Crippen LogP contribution in [0.1, 0.15) is 26.3 Å². The molecular formula is C70H52N4O. The van der Waals surface area contributed by atoms with Crippen molar-refractivity contribution in [3.05, 3.63) is 273 Å². The van der Waals surface area contributed by atoms with Crippen LogP contribution in [0.4, 0.5) is 0 Å². The summed E-state index contributed by atoms with van der Waals surface area (Å²) in [4.78, 5) is 5.03. The zero-order valence-corrected chi connectivity index (χ0v) is 42.0. The van der Waals surface area contributed by atoms with Crippen LogP contribution < -0.4 is 9.30 Å². The molecule has 5 heteroatoms. The highest BCUT2D eigenvalue weighted by molar-refractivity contribution is 6.11. The summed E-state index contributed by atoms with van der Waals surface area (Å²) in [6, 6.07) is 90.5. The Morgan fingerprint density at radius 3 is 1.63 bits per heavy atom. The largest absolute Gasteiger partial charge is 0.457 e. The molecule has 0 radical (unpaired) electrons. The van der Waals surface area contributed by atoms with Crippen LogP contribution >= 0.6 is 0 Å². The fourth-order valence-corrected chi connectivity index (χ4v) is 10.7. The van der Waals surface area contributed by atoms with E-state index in [-0.39, 0.29) is 5.41 Å². The summed E-state index contributed by atoms with van der Waals surface area (Å²) in [5, 5.41) is 2.25. The fraction of sp³-hybridized carbons (Fsp3) is 0.0571. The van der Waals surface area contributed by atoms with E-state index >= 15 is 0 Å². The first-order valence-electron chi connectivity index (χ1n) is 25.6. The molecule has 0 fully saturated rings. The third-order valence-electron chi connectivity index (χ3n) is 14.4. The van der Waals surface area contributed by atoms with Crippen molar-refractivity contribution in [2.45, 2.75) is 26.2 Å². The van der Waals surface area contributed by atoms with Crippen LogP contribution in [0.5, 0.6) is 11.5 Å². The van der Waals surface area contributed by atoms with Crippen molar-refractivity contribution in [1.82, 2.24) is 14.1 Å². The average Bonchev–Trinajstić information content (AvgIpc) is 4.02. The Labute approximate surface area is 437 Å². The van der Waals surface area contributed by atoms with Crippen molar-refractivity contribution in [2.24, 2.45) is 0 Å². The molecule has 358 valence electrons. The van der Waals surface area contributed by atoms with Gasteiger partial charge in [-0.1, -0.05) is 209 Å². The number of benzene rings is 10. The van der Waals surface area contributed by atoms with Crippen molar-refractivity contribution < 1.29 is 9.30 Å². The lowest BCUT2D eigenvalue weighted by Gasteiger charge is -2.20. The Morgan fingerprint density at radius 1 is 0.427 bits per heavy atom. The highest BCUT2D eigenvalue weighted by Gasteiger charge is 2.23. The van der Waals surface area contributed by atoms with Gasteiger partial charge < -0.3 is 4.74 Å². The van der Waals surface area contributed by atoms with Gasteiger partial charge in [-0.3, -0.25) is 13.7 Å². The van der Waals surface area contributed by atoms with Crippen molar-refractivity contribution in [1.29, 1.82) is 0 Å². The number of hydrogen-bond acceptors (Lipinski definition) is 2. The van der Waals surface area contributed by atoms with Gasteiger partial charge in [-0.2, -0.15) is 0 Å². The van der Waals surface area contributed by atoms with E-state index in [2.05, 4.69) is 296 Å². The number of rotatable bonds is 10. The van der Waals surface area contributed by atoms with Gasteiger partial charge in [-0.15, -0.1) is 0 Å². The fourth-order valence-electron chi connectivity index (χ4n) is 10.7. The maximum absolute atomic E-state index is 7.38. The third-order valence-corrected chi connectivity index (χ3v) is 14.4. The summed E-state index contributed by atoms with van der Waals surface area (Å²) in [5.74, 6) is 2.28. The van der Waals surface area contributed by atoms with Gasteiger partial charge in [0.1, 0.15) is 17.3 Å². The SMILES string of the molecule is CC(C)(C)c1ccnc(-n2c3ccccc3c3cc(-c4cc(-c5ccccc5)cc(-c5ccccc5)c4)c(Oc4cccc(-n5[c-][n+](-c6c(-c7ccccc7)cccc6-c6ccccc6)c6ccccc65)c4)cc32)c1. The van der Waals surface area contributed by atoms with Crippen LogP contribution in [0.15, 0.2) is 261 Å². The lowest BCUT2D eigenvalue weighted by molar-refractivity contribution is -0.571. The Kier molecular flexibility index (Phi) is 11.3. The zero-order chi connectivity index (χ0) is 50.5. The summed E-state index contributed by atoms with van der Waals surface area (Å²) in [7, 11) is 0. The molecule has 0 aliphatic heterocycles. The van der Waals surface area contributed by atoms with Gasteiger partial charge in [0.05, 0.1) is 33.4 Å². The second kappa shape index (κ2) is 18.8. The normalized spacial score (nSPS) is 11.7. The summed E-state index contributed by atoms with van der Waals surface area (Å²) in [6.07, 6.45) is 5.79. The predicted molar refractivity (Wildman–Crippen MR) is 308 cm³/mol. The van der Waals surface area contributed by atoms with Crippen LogP contribution in [-0.2, 0) is 5.41 Å². The average molecular weight is 965 g/mol. The molecule has 13 aromatic rings. The van der Waals surface area contributed by atoms with Gasteiger partial charge in [0.2, 0.25) is 0 Å². The van der Waals surface area contributed by atoms with Crippen LogP contribution in [0.2, 0.25) is 0 Å². The summed E-state index contributed by atoms with van der Waals surface area (Å²) >= 11 is 0. The topological polar surface area (TPSA) is 35.9 Å². The summed E-state index contributed by atoms with van der Waals surface area (Å²) in [5.41, 5.74) is 18.3. The van der Waals surface area contributed by atoms with Gasteiger partial charge >= 0.3 is 0 Å². The van der Waals surface area contributed by atoms with E-state index < -0.39 is 0 Å². The Morgan fingerprint density at radius 2 is 0.987 bits per heavy atom. The number of aromatic nitrogens is 4. The number of para-hydroxylation sites is 4. The van der Waals surface area contributed by atoms with Gasteiger partial charge in [-0.25, -0.2) is 4.98 Å². The lowest BCUT2D eigenvalue weighted by Crippen LogP contribution is -2.31. The van der Waals surface area contributed by atoms with Gasteiger partial charge in [-0.05, 0) is 122 Å². The van der Waals surface area contributed by atoms with E-state index in [9.17, 15) is 0 Å². The van der Waals surface area contributed by atoms with Gasteiger partial charge in [0, 0.05) is 28.6 Å². The van der Waals surface area contributed by atoms with Crippen LogP contribution in [0, 0.1) is 6.33 Å². The van der Waals surface area contributed by atoms with E-state index in [1.165, 1.54) is 5.56 Å². The van der Waals surface area contributed by atoms with E-state index in [4.69, 9.17) is 9.72 Å². The third kappa shape index (κ3) is 8.44. The van der Waals surface area contributed by atoms with Crippen LogP contribution in [0.25, 0.3) is 106 Å². The molecule has 3 heterocycles. The first-order valence-corrected chi connectivity index (χ1v) is 25.6. The minimum atomic E-state index is -0.0691. The second-order valence-corrected chi connectivity index (χ2v) is 20.2. The molecule has 10 aromatic carbocycles. The second-order valence-electron chi connectivity index (χ2n) is 20.2. The van der Waals surface area contributed by atoms with Gasteiger partial charge in [0.25, 0.3) is 6.33 Å². The molecule has 0 spiro atoms. The standard InChI is InChI=1S/C70H52N4O/c1-70(2,3)55-38-39-71-68(43-55)74-63-35-17-16-32-60(63)62-45-61(54-41-52(48-22-8-4-9-23-48)40-53(42-54)49-24-10-5-11-25-49)67(46-66(62)74)75-57-31-20-30-56(44-57)72-47-73(65-37-19-18-36-64(65)72)69-58(50-26-12-6-13-27-50)33-21-34-59(69)51-28-14-7-15-29-51/h4-46H,1-3H3. The van der Waals surface area contributed by atoms with Crippen LogP contribution in [0.3, 0.4) is 0 Å². The number of nitrogens with zero attached hydrogens (tertiary/aromatic N) is 4. The number of imidazole rings is 1. The highest BCUT2D eigenvalue weighted by atomic mass is 16.5. The number of hydrogen-bond donors (Lipinski definition) is 0. The Bertz CT molecular complexity index is 4110. The number of ether oxygens (including phenoxy) is 1. The molecule has 75 heavy (non-hydrogen) atoms. The Hall–Kier alpha value is -9.58. The predicted octanol–water partition coefficient (Wildman–Crippen LogP) is 17.6. The molecule has 0 atom stereocenters. The Balaban J connectivity index is 1.02. The maximum Gasteiger partial charge on any atom is 0.269 e. The first kappa shape index (κ1) is 45.3. The molecule has 0 aliphatic rings. The first-order chi connectivity index (χ1) is 36.8. The number of pyridine rings is 1. The van der Waals surface area contributed by atoms with E-state index in [1.807, 2.05) is 6.20 Å². The monoisotopic (exact) mass is 964 g/mol. The zero-order valence-electron chi connectivity index (χ0n) is 42.0.